The van der Waals surface area contributed by atoms with Crippen molar-refractivity contribution in [3.8, 4) is 0 Å². The number of benzene rings is 1. The van der Waals surface area contributed by atoms with Crippen molar-refractivity contribution in [2.24, 2.45) is 5.92 Å². The van der Waals surface area contributed by atoms with Gasteiger partial charge in [-0.1, -0.05) is 37.6 Å². The number of carbonyl (C=O) groups excluding carboxylic acids is 1. The van der Waals surface area contributed by atoms with Crippen molar-refractivity contribution in [1.29, 1.82) is 0 Å². The number of amides is 1. The molecule has 0 spiro atoms. The summed E-state index contributed by atoms with van der Waals surface area (Å²) in [5, 5.41) is 4.10. The Labute approximate surface area is 131 Å². The lowest BCUT2D eigenvalue weighted by molar-refractivity contribution is -0.131. The molecule has 2 atom stereocenters. The summed E-state index contributed by atoms with van der Waals surface area (Å²) >= 11 is 6.08. The molecule has 0 saturated carbocycles. The van der Waals surface area contributed by atoms with Crippen LogP contribution in [0, 0.1) is 5.92 Å². The molecule has 1 aromatic carbocycles. The first-order valence-corrected chi connectivity index (χ1v) is 7.82. The molecule has 5 heteroatoms. The third-order valence-electron chi connectivity index (χ3n) is 3.71. The Morgan fingerprint density at radius 1 is 1.43 bits per heavy atom. The van der Waals surface area contributed by atoms with Gasteiger partial charge in [0.2, 0.25) is 5.91 Å². The predicted molar refractivity (Wildman–Crippen MR) is 84.2 cm³/mol. The fourth-order valence-electron chi connectivity index (χ4n) is 2.61. The first kappa shape index (κ1) is 16.3. The smallest absolute Gasteiger partial charge is 0.241 e. The number of rotatable bonds is 6. The maximum absolute atomic E-state index is 12.6. The molecule has 1 fully saturated rings. The third-order valence-corrected chi connectivity index (χ3v) is 3.95. The van der Waals surface area contributed by atoms with Crippen molar-refractivity contribution < 1.29 is 9.53 Å². The van der Waals surface area contributed by atoms with Crippen LogP contribution in [0.25, 0.3) is 0 Å². The normalized spacial score (nSPS) is 22.3. The lowest BCUT2D eigenvalue weighted by atomic mass is 10.1. The number of hydrogen-bond acceptors (Lipinski definition) is 3. The molecule has 1 aliphatic rings. The average Bonchev–Trinajstić information content (AvgIpc) is 2.77. The van der Waals surface area contributed by atoms with E-state index >= 15 is 0 Å². The van der Waals surface area contributed by atoms with E-state index in [1.165, 1.54) is 0 Å². The van der Waals surface area contributed by atoms with E-state index in [2.05, 4.69) is 19.2 Å². The van der Waals surface area contributed by atoms with Crippen LogP contribution in [0.5, 0.6) is 0 Å². The van der Waals surface area contributed by atoms with Crippen LogP contribution in [0.1, 0.15) is 32.5 Å². The molecule has 2 unspecified atom stereocenters. The van der Waals surface area contributed by atoms with Gasteiger partial charge in [-0.2, -0.15) is 0 Å². The SMILES string of the molecule is CCOCCN1C(=O)C(C(C)C)NC1c1cccc(Cl)c1. The Kier molecular flexibility index (Phi) is 5.62. The van der Waals surface area contributed by atoms with Gasteiger partial charge in [-0.15, -0.1) is 0 Å². The average molecular weight is 311 g/mol. The number of nitrogens with one attached hydrogen (secondary N) is 1. The molecule has 1 aromatic rings. The second-order valence-electron chi connectivity index (χ2n) is 5.57. The largest absolute Gasteiger partial charge is 0.380 e. The molecule has 1 saturated heterocycles. The Morgan fingerprint density at radius 3 is 2.81 bits per heavy atom. The summed E-state index contributed by atoms with van der Waals surface area (Å²) in [6, 6.07) is 7.49. The van der Waals surface area contributed by atoms with E-state index < -0.39 is 0 Å². The van der Waals surface area contributed by atoms with Gasteiger partial charge in [0.15, 0.2) is 0 Å². The van der Waals surface area contributed by atoms with E-state index in [0.717, 1.165) is 5.56 Å². The highest BCUT2D eigenvalue weighted by Gasteiger charge is 2.40. The Hall–Kier alpha value is -1.10. The molecule has 1 heterocycles. The maximum Gasteiger partial charge on any atom is 0.241 e. The highest BCUT2D eigenvalue weighted by atomic mass is 35.5. The zero-order valence-electron chi connectivity index (χ0n) is 12.8. The van der Waals surface area contributed by atoms with Crippen molar-refractivity contribution in [2.75, 3.05) is 19.8 Å². The summed E-state index contributed by atoms with van der Waals surface area (Å²) in [5.41, 5.74) is 1.01. The highest BCUT2D eigenvalue weighted by molar-refractivity contribution is 6.30. The van der Waals surface area contributed by atoms with Crippen LogP contribution in [0.2, 0.25) is 5.02 Å². The lowest BCUT2D eigenvalue weighted by Crippen LogP contribution is -2.35. The van der Waals surface area contributed by atoms with Crippen LogP contribution >= 0.6 is 11.6 Å². The zero-order valence-corrected chi connectivity index (χ0v) is 13.6. The quantitative estimate of drug-likeness (QED) is 0.822. The highest BCUT2D eigenvalue weighted by Crippen LogP contribution is 2.29. The van der Waals surface area contributed by atoms with Crippen LogP contribution in [0.4, 0.5) is 0 Å². The van der Waals surface area contributed by atoms with Crippen LogP contribution in [0.15, 0.2) is 24.3 Å². The fraction of sp³-hybridized carbons (Fsp3) is 0.562. The Bertz CT molecular complexity index is 493. The van der Waals surface area contributed by atoms with Crippen LogP contribution in [-0.2, 0) is 9.53 Å². The van der Waals surface area contributed by atoms with Crippen LogP contribution in [-0.4, -0.2) is 36.6 Å². The van der Waals surface area contributed by atoms with Crippen molar-refractivity contribution in [3.05, 3.63) is 34.9 Å². The molecule has 0 aromatic heterocycles. The summed E-state index contributed by atoms with van der Waals surface area (Å²) in [5.74, 6) is 0.381. The molecule has 21 heavy (non-hydrogen) atoms. The zero-order chi connectivity index (χ0) is 15.4. The second-order valence-corrected chi connectivity index (χ2v) is 6.01. The van der Waals surface area contributed by atoms with Gasteiger partial charge in [0.25, 0.3) is 0 Å². The lowest BCUT2D eigenvalue weighted by Gasteiger charge is -2.24. The molecule has 116 valence electrons. The van der Waals surface area contributed by atoms with Crippen LogP contribution in [0.3, 0.4) is 0 Å². The molecule has 1 amide bonds. The van der Waals surface area contributed by atoms with Crippen LogP contribution < -0.4 is 5.32 Å². The fourth-order valence-corrected chi connectivity index (χ4v) is 2.81. The summed E-state index contributed by atoms with van der Waals surface area (Å²) in [4.78, 5) is 14.4. The van der Waals surface area contributed by atoms with Gasteiger partial charge in [-0.25, -0.2) is 0 Å². The molecule has 1 N–H and O–H groups in total. The summed E-state index contributed by atoms with van der Waals surface area (Å²) in [6.45, 7) is 7.85. The molecule has 0 aliphatic carbocycles. The van der Waals surface area contributed by atoms with Gasteiger partial charge >= 0.3 is 0 Å². The first-order valence-electron chi connectivity index (χ1n) is 7.44. The van der Waals surface area contributed by atoms with E-state index in [-0.39, 0.29) is 24.0 Å². The third kappa shape index (κ3) is 3.76. The summed E-state index contributed by atoms with van der Waals surface area (Å²) < 4.78 is 5.40. The maximum atomic E-state index is 12.6. The number of hydrogen-bond donors (Lipinski definition) is 1. The number of halogens is 1. The number of carbonyl (C=O) groups is 1. The first-order chi connectivity index (χ1) is 10.0. The van der Waals surface area contributed by atoms with Gasteiger partial charge in [-0.3, -0.25) is 10.1 Å². The van der Waals surface area contributed by atoms with Crippen molar-refractivity contribution in [1.82, 2.24) is 10.2 Å². The van der Waals surface area contributed by atoms with E-state index in [0.29, 0.717) is 24.8 Å². The molecule has 0 radical (unpaired) electrons. The molecule has 0 bridgehead atoms. The Balaban J connectivity index is 2.21. The van der Waals surface area contributed by atoms with Gasteiger partial charge in [0, 0.05) is 18.2 Å². The summed E-state index contributed by atoms with van der Waals surface area (Å²) in [7, 11) is 0. The summed E-state index contributed by atoms with van der Waals surface area (Å²) in [6.07, 6.45) is -0.135. The molecular weight excluding hydrogens is 288 g/mol. The minimum Gasteiger partial charge on any atom is -0.380 e. The second kappa shape index (κ2) is 7.25. The Morgan fingerprint density at radius 2 is 2.19 bits per heavy atom. The minimum atomic E-state index is -0.157. The van der Waals surface area contributed by atoms with Gasteiger partial charge in [0.1, 0.15) is 6.17 Å². The monoisotopic (exact) mass is 310 g/mol. The topological polar surface area (TPSA) is 41.6 Å². The standard InChI is InChI=1S/C16H23ClN2O2/c1-4-21-9-8-19-15(12-6-5-7-13(17)10-12)18-14(11(2)3)16(19)20/h5-7,10-11,14-15,18H,4,8-9H2,1-3H3. The van der Waals surface area contributed by atoms with Crippen molar-refractivity contribution in [3.63, 3.8) is 0 Å². The van der Waals surface area contributed by atoms with Gasteiger partial charge in [0.05, 0.1) is 12.6 Å². The van der Waals surface area contributed by atoms with Gasteiger partial charge in [-0.05, 0) is 30.5 Å². The van der Waals surface area contributed by atoms with E-state index in [1.807, 2.05) is 36.1 Å². The molecular formula is C16H23ClN2O2. The number of ether oxygens (including phenoxy) is 1. The van der Waals surface area contributed by atoms with Crippen molar-refractivity contribution >= 4 is 17.5 Å². The van der Waals surface area contributed by atoms with Crippen molar-refractivity contribution in [2.45, 2.75) is 33.0 Å². The van der Waals surface area contributed by atoms with Gasteiger partial charge < -0.3 is 9.64 Å². The number of nitrogens with zero attached hydrogens (tertiary/aromatic N) is 1. The molecule has 1 aliphatic heterocycles. The predicted octanol–water partition coefficient (Wildman–Crippen LogP) is 2.83. The van der Waals surface area contributed by atoms with E-state index in [9.17, 15) is 4.79 Å². The van der Waals surface area contributed by atoms with E-state index in [4.69, 9.17) is 16.3 Å². The minimum absolute atomic E-state index is 0.134. The van der Waals surface area contributed by atoms with E-state index in [1.54, 1.807) is 0 Å². The molecule has 4 nitrogen and oxygen atoms in total. The molecule has 2 rings (SSSR count).